The lowest BCUT2D eigenvalue weighted by Gasteiger charge is -2.38. The van der Waals surface area contributed by atoms with Gasteiger partial charge in [0.15, 0.2) is 0 Å². The maximum Gasteiger partial charge on any atom is 0.254 e. The van der Waals surface area contributed by atoms with E-state index in [0.29, 0.717) is 19.7 Å². The minimum Gasteiger partial charge on any atom is -0.373 e. The van der Waals surface area contributed by atoms with Crippen molar-refractivity contribution in [2.24, 2.45) is 5.73 Å². The number of nitrogens with two attached hydrogens (primary N) is 1. The van der Waals surface area contributed by atoms with E-state index in [-0.39, 0.29) is 18.1 Å². The van der Waals surface area contributed by atoms with Crippen molar-refractivity contribution in [1.29, 1.82) is 0 Å². The standard InChI is InChI=1S/C15H22N2O2/c1-10-4-5-11(2)14(6-10)15(18)17-8-13(7-16)19-9-12(17)3/h4-6,12-13H,7-9,16H2,1-3H3. The summed E-state index contributed by atoms with van der Waals surface area (Å²) in [5, 5.41) is 0. The predicted molar refractivity (Wildman–Crippen MR) is 75.2 cm³/mol. The van der Waals surface area contributed by atoms with Gasteiger partial charge in [0.1, 0.15) is 0 Å². The highest BCUT2D eigenvalue weighted by atomic mass is 16.5. The minimum atomic E-state index is -0.0507. The molecule has 1 amide bonds. The molecule has 4 heteroatoms. The Morgan fingerprint density at radius 2 is 2.21 bits per heavy atom. The summed E-state index contributed by atoms with van der Waals surface area (Å²) < 4.78 is 5.59. The Morgan fingerprint density at radius 3 is 2.89 bits per heavy atom. The Bertz CT molecular complexity index is 473. The Morgan fingerprint density at radius 1 is 1.47 bits per heavy atom. The second kappa shape index (κ2) is 5.72. The number of benzene rings is 1. The van der Waals surface area contributed by atoms with Gasteiger partial charge in [-0.05, 0) is 32.4 Å². The molecule has 2 unspecified atom stereocenters. The van der Waals surface area contributed by atoms with Crippen LogP contribution in [0.4, 0.5) is 0 Å². The fourth-order valence-electron chi connectivity index (χ4n) is 2.36. The highest BCUT2D eigenvalue weighted by Crippen LogP contribution is 2.18. The quantitative estimate of drug-likeness (QED) is 0.878. The van der Waals surface area contributed by atoms with Gasteiger partial charge in [-0.3, -0.25) is 4.79 Å². The van der Waals surface area contributed by atoms with Crippen LogP contribution in [-0.4, -0.2) is 42.6 Å². The number of morpholine rings is 1. The molecular formula is C15H22N2O2. The van der Waals surface area contributed by atoms with Crippen molar-refractivity contribution in [3.05, 3.63) is 34.9 Å². The van der Waals surface area contributed by atoms with E-state index in [2.05, 4.69) is 0 Å². The third-order valence-electron chi connectivity index (χ3n) is 3.65. The summed E-state index contributed by atoms with van der Waals surface area (Å²) in [6.07, 6.45) is -0.0507. The van der Waals surface area contributed by atoms with Crippen LogP contribution in [0.3, 0.4) is 0 Å². The Balaban J connectivity index is 2.24. The van der Waals surface area contributed by atoms with Crippen LogP contribution >= 0.6 is 0 Å². The number of amides is 1. The summed E-state index contributed by atoms with van der Waals surface area (Å²) in [7, 11) is 0. The van der Waals surface area contributed by atoms with Gasteiger partial charge in [0.25, 0.3) is 5.91 Å². The van der Waals surface area contributed by atoms with Crippen LogP contribution in [0.1, 0.15) is 28.4 Å². The van der Waals surface area contributed by atoms with Gasteiger partial charge in [0.2, 0.25) is 0 Å². The van der Waals surface area contributed by atoms with Gasteiger partial charge in [0.05, 0.1) is 18.8 Å². The van der Waals surface area contributed by atoms with Crippen LogP contribution in [0.25, 0.3) is 0 Å². The van der Waals surface area contributed by atoms with Crippen molar-refractivity contribution in [2.75, 3.05) is 19.7 Å². The molecule has 2 rings (SSSR count). The fourth-order valence-corrected chi connectivity index (χ4v) is 2.36. The minimum absolute atomic E-state index is 0.0507. The Hall–Kier alpha value is -1.39. The maximum absolute atomic E-state index is 12.7. The van der Waals surface area contributed by atoms with E-state index in [1.165, 1.54) is 0 Å². The van der Waals surface area contributed by atoms with E-state index in [4.69, 9.17) is 10.5 Å². The van der Waals surface area contributed by atoms with Gasteiger partial charge >= 0.3 is 0 Å². The van der Waals surface area contributed by atoms with E-state index in [1.807, 2.05) is 43.9 Å². The first-order valence-corrected chi connectivity index (χ1v) is 6.72. The highest BCUT2D eigenvalue weighted by Gasteiger charge is 2.30. The SMILES string of the molecule is Cc1ccc(C)c(C(=O)N2CC(CN)OCC2C)c1. The zero-order valence-corrected chi connectivity index (χ0v) is 11.8. The summed E-state index contributed by atoms with van der Waals surface area (Å²) in [5.74, 6) is 0.0791. The molecule has 4 nitrogen and oxygen atoms in total. The zero-order valence-electron chi connectivity index (χ0n) is 11.8. The maximum atomic E-state index is 12.7. The van der Waals surface area contributed by atoms with Crippen LogP contribution in [0.15, 0.2) is 18.2 Å². The fraction of sp³-hybridized carbons (Fsp3) is 0.533. The molecule has 19 heavy (non-hydrogen) atoms. The number of carbonyl (C=O) groups is 1. The molecule has 0 saturated carbocycles. The number of aryl methyl sites for hydroxylation is 2. The lowest BCUT2D eigenvalue weighted by atomic mass is 10.0. The molecule has 2 N–H and O–H groups in total. The molecule has 0 aromatic heterocycles. The first-order chi connectivity index (χ1) is 9.02. The number of hydrogen-bond acceptors (Lipinski definition) is 3. The number of rotatable bonds is 2. The summed E-state index contributed by atoms with van der Waals surface area (Å²) in [5.41, 5.74) is 8.54. The van der Waals surface area contributed by atoms with Gasteiger partial charge < -0.3 is 15.4 Å². The summed E-state index contributed by atoms with van der Waals surface area (Å²) in [6.45, 7) is 7.56. The van der Waals surface area contributed by atoms with Gasteiger partial charge in [-0.15, -0.1) is 0 Å². The third-order valence-corrected chi connectivity index (χ3v) is 3.65. The molecule has 104 valence electrons. The average Bonchev–Trinajstić information content (AvgIpc) is 2.41. The van der Waals surface area contributed by atoms with E-state index in [0.717, 1.165) is 16.7 Å². The molecular weight excluding hydrogens is 240 g/mol. The topological polar surface area (TPSA) is 55.6 Å². The molecule has 1 fully saturated rings. The average molecular weight is 262 g/mol. The first-order valence-electron chi connectivity index (χ1n) is 6.72. The summed E-state index contributed by atoms with van der Waals surface area (Å²) in [4.78, 5) is 14.6. The second-order valence-corrected chi connectivity index (χ2v) is 5.32. The smallest absolute Gasteiger partial charge is 0.254 e. The van der Waals surface area contributed by atoms with Crippen LogP contribution in [0, 0.1) is 13.8 Å². The van der Waals surface area contributed by atoms with Gasteiger partial charge in [-0.25, -0.2) is 0 Å². The molecule has 1 aromatic carbocycles. The van der Waals surface area contributed by atoms with Crippen molar-refractivity contribution in [2.45, 2.75) is 32.9 Å². The Labute approximate surface area is 114 Å². The molecule has 0 radical (unpaired) electrons. The molecule has 0 aliphatic carbocycles. The lowest BCUT2D eigenvalue weighted by Crippen LogP contribution is -2.53. The van der Waals surface area contributed by atoms with Crippen molar-refractivity contribution in [3.8, 4) is 0 Å². The second-order valence-electron chi connectivity index (χ2n) is 5.32. The van der Waals surface area contributed by atoms with Crippen molar-refractivity contribution in [3.63, 3.8) is 0 Å². The van der Waals surface area contributed by atoms with Gasteiger partial charge in [-0.2, -0.15) is 0 Å². The van der Waals surface area contributed by atoms with E-state index >= 15 is 0 Å². The van der Waals surface area contributed by atoms with Crippen molar-refractivity contribution < 1.29 is 9.53 Å². The predicted octanol–water partition coefficient (Wildman–Crippen LogP) is 1.49. The largest absolute Gasteiger partial charge is 0.373 e. The number of carbonyl (C=O) groups excluding carboxylic acids is 1. The number of hydrogen-bond donors (Lipinski definition) is 1. The van der Waals surface area contributed by atoms with Crippen molar-refractivity contribution >= 4 is 5.91 Å². The molecule has 1 aliphatic rings. The lowest BCUT2D eigenvalue weighted by molar-refractivity contribution is -0.0426. The van der Waals surface area contributed by atoms with Gasteiger partial charge in [0, 0.05) is 18.7 Å². The normalized spacial score (nSPS) is 23.5. The molecule has 1 saturated heterocycles. The van der Waals surface area contributed by atoms with Crippen LogP contribution in [0.5, 0.6) is 0 Å². The van der Waals surface area contributed by atoms with E-state index in [9.17, 15) is 4.79 Å². The van der Waals surface area contributed by atoms with Gasteiger partial charge in [-0.1, -0.05) is 17.7 Å². The van der Waals surface area contributed by atoms with E-state index < -0.39 is 0 Å². The monoisotopic (exact) mass is 262 g/mol. The molecule has 1 heterocycles. The zero-order chi connectivity index (χ0) is 14.0. The summed E-state index contributed by atoms with van der Waals surface area (Å²) >= 11 is 0. The summed E-state index contributed by atoms with van der Waals surface area (Å²) in [6, 6.07) is 6.07. The molecule has 0 bridgehead atoms. The van der Waals surface area contributed by atoms with E-state index in [1.54, 1.807) is 0 Å². The van der Waals surface area contributed by atoms with Crippen LogP contribution in [0.2, 0.25) is 0 Å². The van der Waals surface area contributed by atoms with Crippen molar-refractivity contribution in [1.82, 2.24) is 4.90 Å². The first kappa shape index (κ1) is 14.0. The molecule has 1 aliphatic heterocycles. The van der Waals surface area contributed by atoms with Crippen LogP contribution in [-0.2, 0) is 4.74 Å². The molecule has 1 aromatic rings. The Kier molecular flexibility index (Phi) is 4.22. The molecule has 0 spiro atoms. The molecule has 2 atom stereocenters. The third kappa shape index (κ3) is 2.96. The highest BCUT2D eigenvalue weighted by molar-refractivity contribution is 5.96. The van der Waals surface area contributed by atoms with Crippen LogP contribution < -0.4 is 5.73 Å². The number of ether oxygens (including phenoxy) is 1. The number of nitrogens with zero attached hydrogens (tertiary/aromatic N) is 1.